The second-order valence-corrected chi connectivity index (χ2v) is 4.74. The number of nitrogens with zero attached hydrogens (tertiary/aromatic N) is 1. The lowest BCUT2D eigenvalue weighted by atomic mass is 10.1. The highest BCUT2D eigenvalue weighted by molar-refractivity contribution is 5.84. The Labute approximate surface area is 107 Å². The molecule has 1 amide bonds. The molecule has 0 aromatic heterocycles. The normalized spacial score (nSPS) is 20.7. The minimum atomic E-state index is -0.854. The number of hydrogen-bond donors (Lipinski definition) is 0. The van der Waals surface area contributed by atoms with Crippen LogP contribution in [0, 0.1) is 0 Å². The Balaban J connectivity index is 2.58. The molecule has 1 unspecified atom stereocenters. The third-order valence-electron chi connectivity index (χ3n) is 3.07. The first-order chi connectivity index (χ1) is 8.40. The van der Waals surface area contributed by atoms with Gasteiger partial charge in [-0.3, -0.25) is 9.59 Å². The van der Waals surface area contributed by atoms with E-state index in [4.69, 9.17) is 9.47 Å². The van der Waals surface area contributed by atoms with Gasteiger partial charge in [-0.15, -0.1) is 0 Å². The summed E-state index contributed by atoms with van der Waals surface area (Å²) in [6.45, 7) is 4.78. The number of esters is 1. The number of amides is 1. The van der Waals surface area contributed by atoms with Crippen molar-refractivity contribution in [1.29, 1.82) is 0 Å². The fourth-order valence-corrected chi connectivity index (χ4v) is 1.76. The van der Waals surface area contributed by atoms with Crippen LogP contribution in [-0.2, 0) is 23.8 Å². The van der Waals surface area contributed by atoms with Crippen molar-refractivity contribution in [3.8, 4) is 0 Å². The molecular weight excluding hydrogens is 238 g/mol. The lowest BCUT2D eigenvalue weighted by molar-refractivity contribution is -0.161. The van der Waals surface area contributed by atoms with Crippen molar-refractivity contribution in [2.75, 3.05) is 33.9 Å². The standard InChI is InChI=1S/C12H21NO5/c1-12(2,17-4)11(15)13-5-6-18-9(8-13)7-10(14)16-3/h9H,5-8H2,1-4H3. The van der Waals surface area contributed by atoms with Crippen molar-refractivity contribution in [2.24, 2.45) is 0 Å². The highest BCUT2D eigenvalue weighted by Crippen LogP contribution is 2.16. The molecule has 6 heteroatoms. The summed E-state index contributed by atoms with van der Waals surface area (Å²) in [4.78, 5) is 25.0. The molecular formula is C12H21NO5. The van der Waals surface area contributed by atoms with E-state index in [-0.39, 0.29) is 24.4 Å². The Hall–Kier alpha value is -1.14. The number of hydrogen-bond acceptors (Lipinski definition) is 5. The number of carbonyl (C=O) groups is 2. The van der Waals surface area contributed by atoms with Gasteiger partial charge >= 0.3 is 5.97 Å². The molecule has 0 aromatic carbocycles. The summed E-state index contributed by atoms with van der Waals surface area (Å²) < 4.78 is 15.2. The van der Waals surface area contributed by atoms with Gasteiger partial charge in [0.1, 0.15) is 5.60 Å². The summed E-state index contributed by atoms with van der Waals surface area (Å²) in [6.07, 6.45) is -0.143. The topological polar surface area (TPSA) is 65.1 Å². The number of ether oxygens (including phenoxy) is 3. The quantitative estimate of drug-likeness (QED) is 0.675. The molecule has 18 heavy (non-hydrogen) atoms. The Bertz CT molecular complexity index is 316. The van der Waals surface area contributed by atoms with Crippen molar-refractivity contribution in [1.82, 2.24) is 4.90 Å². The van der Waals surface area contributed by atoms with Gasteiger partial charge in [-0.2, -0.15) is 0 Å². The smallest absolute Gasteiger partial charge is 0.308 e. The van der Waals surface area contributed by atoms with Gasteiger partial charge in [0.25, 0.3) is 5.91 Å². The van der Waals surface area contributed by atoms with Gasteiger partial charge < -0.3 is 19.1 Å². The zero-order valence-electron chi connectivity index (χ0n) is 11.4. The SMILES string of the molecule is COC(=O)CC1CN(C(=O)C(C)(C)OC)CCO1. The predicted octanol–water partition coefficient (Wildman–Crippen LogP) is 0.202. The van der Waals surface area contributed by atoms with Gasteiger partial charge in [0.05, 0.1) is 26.2 Å². The van der Waals surface area contributed by atoms with E-state index in [0.717, 1.165) is 0 Å². The predicted molar refractivity (Wildman–Crippen MR) is 64.0 cm³/mol. The van der Waals surface area contributed by atoms with E-state index in [9.17, 15) is 9.59 Å². The molecule has 0 aliphatic carbocycles. The van der Waals surface area contributed by atoms with Crippen molar-refractivity contribution in [3.05, 3.63) is 0 Å². The fourth-order valence-electron chi connectivity index (χ4n) is 1.76. The molecule has 1 aliphatic rings. The van der Waals surface area contributed by atoms with Crippen LogP contribution < -0.4 is 0 Å². The van der Waals surface area contributed by atoms with Gasteiger partial charge in [0, 0.05) is 20.2 Å². The Kier molecular flexibility index (Phi) is 5.10. The summed E-state index contributed by atoms with van der Waals surface area (Å²) in [5.41, 5.74) is -0.854. The summed E-state index contributed by atoms with van der Waals surface area (Å²) in [5, 5.41) is 0. The van der Waals surface area contributed by atoms with Gasteiger partial charge in [-0.1, -0.05) is 0 Å². The van der Waals surface area contributed by atoms with Crippen LogP contribution in [0.25, 0.3) is 0 Å². The molecule has 6 nitrogen and oxygen atoms in total. The number of methoxy groups -OCH3 is 2. The molecule has 1 atom stereocenters. The number of rotatable bonds is 4. The maximum absolute atomic E-state index is 12.2. The van der Waals surface area contributed by atoms with E-state index >= 15 is 0 Å². The Morgan fingerprint density at radius 1 is 1.39 bits per heavy atom. The first-order valence-electron chi connectivity index (χ1n) is 5.93. The summed E-state index contributed by atoms with van der Waals surface area (Å²) in [6, 6.07) is 0. The number of carbonyl (C=O) groups excluding carboxylic acids is 2. The first kappa shape index (κ1) is 14.9. The fraction of sp³-hybridized carbons (Fsp3) is 0.833. The Morgan fingerprint density at radius 3 is 2.61 bits per heavy atom. The van der Waals surface area contributed by atoms with Crippen LogP contribution in [-0.4, -0.2) is 62.4 Å². The average molecular weight is 259 g/mol. The van der Waals surface area contributed by atoms with Crippen LogP contribution in [0.3, 0.4) is 0 Å². The van der Waals surface area contributed by atoms with Crippen LogP contribution in [0.5, 0.6) is 0 Å². The summed E-state index contributed by atoms with van der Waals surface area (Å²) in [7, 11) is 2.84. The van der Waals surface area contributed by atoms with E-state index in [1.807, 2.05) is 0 Å². The molecule has 0 radical (unpaired) electrons. The molecule has 1 fully saturated rings. The lowest BCUT2D eigenvalue weighted by Crippen LogP contribution is -2.53. The van der Waals surface area contributed by atoms with Gasteiger partial charge in [0.15, 0.2) is 0 Å². The van der Waals surface area contributed by atoms with Crippen molar-refractivity contribution in [2.45, 2.75) is 32.0 Å². The van der Waals surface area contributed by atoms with Crippen LogP contribution in [0.1, 0.15) is 20.3 Å². The van der Waals surface area contributed by atoms with E-state index in [2.05, 4.69) is 4.74 Å². The Morgan fingerprint density at radius 2 is 2.06 bits per heavy atom. The molecule has 1 saturated heterocycles. The van der Waals surface area contributed by atoms with Gasteiger partial charge in [-0.05, 0) is 13.8 Å². The molecule has 1 aliphatic heterocycles. The molecule has 0 aromatic rings. The minimum absolute atomic E-state index is 0.0943. The highest BCUT2D eigenvalue weighted by atomic mass is 16.5. The van der Waals surface area contributed by atoms with Crippen molar-refractivity contribution >= 4 is 11.9 Å². The zero-order valence-corrected chi connectivity index (χ0v) is 11.4. The first-order valence-corrected chi connectivity index (χ1v) is 5.93. The third kappa shape index (κ3) is 3.68. The van der Waals surface area contributed by atoms with E-state index in [0.29, 0.717) is 19.7 Å². The van der Waals surface area contributed by atoms with Crippen LogP contribution in [0.4, 0.5) is 0 Å². The average Bonchev–Trinajstić information content (AvgIpc) is 2.38. The molecule has 0 N–H and O–H groups in total. The largest absolute Gasteiger partial charge is 0.469 e. The van der Waals surface area contributed by atoms with Crippen molar-refractivity contribution < 1.29 is 23.8 Å². The molecule has 0 bridgehead atoms. The molecule has 0 saturated carbocycles. The molecule has 1 heterocycles. The number of morpholine rings is 1. The minimum Gasteiger partial charge on any atom is -0.469 e. The maximum Gasteiger partial charge on any atom is 0.308 e. The zero-order chi connectivity index (χ0) is 13.8. The van der Waals surface area contributed by atoms with E-state index < -0.39 is 5.60 Å². The lowest BCUT2D eigenvalue weighted by Gasteiger charge is -2.36. The molecule has 0 spiro atoms. The summed E-state index contributed by atoms with van der Waals surface area (Å²) in [5.74, 6) is -0.427. The monoisotopic (exact) mass is 259 g/mol. The summed E-state index contributed by atoms with van der Waals surface area (Å²) >= 11 is 0. The van der Waals surface area contributed by atoms with Gasteiger partial charge in [0.2, 0.25) is 0 Å². The van der Waals surface area contributed by atoms with Crippen LogP contribution >= 0.6 is 0 Å². The third-order valence-corrected chi connectivity index (χ3v) is 3.07. The van der Waals surface area contributed by atoms with Gasteiger partial charge in [-0.25, -0.2) is 0 Å². The maximum atomic E-state index is 12.2. The van der Waals surface area contributed by atoms with Crippen LogP contribution in [0.2, 0.25) is 0 Å². The highest BCUT2D eigenvalue weighted by Gasteiger charge is 2.35. The molecule has 104 valence electrons. The second-order valence-electron chi connectivity index (χ2n) is 4.74. The van der Waals surface area contributed by atoms with Crippen LogP contribution in [0.15, 0.2) is 0 Å². The van der Waals surface area contributed by atoms with E-state index in [1.165, 1.54) is 14.2 Å². The van der Waals surface area contributed by atoms with E-state index in [1.54, 1.807) is 18.7 Å². The molecule has 1 rings (SSSR count). The second kappa shape index (κ2) is 6.15. The van der Waals surface area contributed by atoms with Crippen molar-refractivity contribution in [3.63, 3.8) is 0 Å².